The summed E-state index contributed by atoms with van der Waals surface area (Å²) in [5.41, 5.74) is 0. The summed E-state index contributed by atoms with van der Waals surface area (Å²) in [4.78, 5) is 19.9. The Hall–Kier alpha value is -0.566. The Morgan fingerprint density at radius 2 is 0.926 bits per heavy atom. The number of carbonyl (C=O) groups is 2. The Kier molecular flexibility index (Phi) is 34.8. The summed E-state index contributed by atoms with van der Waals surface area (Å²) in [6.45, 7) is 13.0. The Morgan fingerprint density at radius 1 is 0.630 bits per heavy atom. The minimum absolute atomic E-state index is 0. The Labute approximate surface area is 178 Å². The molecule has 0 spiro atoms. The summed E-state index contributed by atoms with van der Waals surface area (Å²) < 4.78 is 0. The van der Waals surface area contributed by atoms with Crippen molar-refractivity contribution < 1.29 is 36.3 Å². The molecule has 0 N–H and O–H groups in total. The fourth-order valence-corrected chi connectivity index (χ4v) is 2.14. The molecule has 0 aliphatic heterocycles. The second-order valence-corrected chi connectivity index (χ2v) is 7.73. The third-order valence-electron chi connectivity index (χ3n) is 3.78. The fraction of sp³-hybridized carbons (Fsp3) is 0.909. The van der Waals surface area contributed by atoms with E-state index < -0.39 is 11.9 Å². The molecule has 0 heterocycles. The summed E-state index contributed by atoms with van der Waals surface area (Å²) >= 11 is 0. The Morgan fingerprint density at radius 3 is 1.11 bits per heavy atom. The van der Waals surface area contributed by atoms with E-state index in [4.69, 9.17) is 0 Å². The summed E-state index contributed by atoms with van der Waals surface area (Å²) in [7, 11) is 0. The number of aliphatic carboxylic acids is 2. The van der Waals surface area contributed by atoms with Gasteiger partial charge in [0.1, 0.15) is 0 Å². The van der Waals surface area contributed by atoms with Crippen LogP contribution in [0.2, 0.25) is 0 Å². The Bertz CT molecular complexity index is 275. The molecule has 0 aliphatic rings. The van der Waals surface area contributed by atoms with Gasteiger partial charge in [0.25, 0.3) is 0 Å². The molecule has 0 saturated carbocycles. The minimum Gasteiger partial charge on any atom is -0.550 e. The molecule has 0 aromatic carbocycles. The average Bonchev–Trinajstić information content (AvgIpc) is 2.54. The molecule has 0 amide bonds. The van der Waals surface area contributed by atoms with Crippen LogP contribution in [0.4, 0.5) is 0 Å². The largest absolute Gasteiger partial charge is 2.00 e. The molecule has 0 atom stereocenters. The summed E-state index contributed by atoms with van der Waals surface area (Å²) in [5, 5.41) is 19.9. The van der Waals surface area contributed by atoms with Crippen LogP contribution in [0.1, 0.15) is 119 Å². The predicted molar refractivity (Wildman–Crippen MR) is 106 cm³/mol. The number of carbonyl (C=O) groups excluding carboxylic acids is 2. The van der Waals surface area contributed by atoms with E-state index in [0.29, 0.717) is 11.8 Å². The zero-order chi connectivity index (χ0) is 20.8. The molecule has 4 nitrogen and oxygen atoms in total. The van der Waals surface area contributed by atoms with Crippen LogP contribution >= 0.6 is 0 Å². The first-order valence-electron chi connectivity index (χ1n) is 10.6. The number of carboxylic acids is 2. The maximum Gasteiger partial charge on any atom is 2.00 e. The monoisotopic (exact) mass is 430 g/mol. The first kappa shape index (κ1) is 34.0. The quantitative estimate of drug-likeness (QED) is 0.318. The maximum atomic E-state index is 9.93. The summed E-state index contributed by atoms with van der Waals surface area (Å²) in [5.74, 6) is -0.490. The van der Waals surface area contributed by atoms with E-state index in [1.807, 2.05) is 0 Å². The topological polar surface area (TPSA) is 80.3 Å². The minimum atomic E-state index is -0.927. The van der Waals surface area contributed by atoms with Gasteiger partial charge in [0.2, 0.25) is 0 Å². The molecule has 0 aliphatic carbocycles. The van der Waals surface area contributed by atoms with E-state index in [-0.39, 0.29) is 29.3 Å². The van der Waals surface area contributed by atoms with Crippen LogP contribution in [-0.4, -0.2) is 11.9 Å². The number of hydrogen-bond donors (Lipinski definition) is 0. The second kappa shape index (κ2) is 27.7. The van der Waals surface area contributed by atoms with Crippen molar-refractivity contribution >= 4 is 11.9 Å². The van der Waals surface area contributed by atoms with Crippen LogP contribution in [0, 0.1) is 11.8 Å². The van der Waals surface area contributed by atoms with Crippen molar-refractivity contribution in [1.82, 2.24) is 0 Å². The van der Waals surface area contributed by atoms with E-state index in [1.54, 1.807) is 0 Å². The van der Waals surface area contributed by atoms with Gasteiger partial charge in [0.15, 0.2) is 0 Å². The zero-order valence-electron chi connectivity index (χ0n) is 18.6. The molecule has 27 heavy (non-hydrogen) atoms. The summed E-state index contributed by atoms with van der Waals surface area (Å²) in [6.07, 6.45) is 11.7. The van der Waals surface area contributed by atoms with Crippen LogP contribution in [0.3, 0.4) is 0 Å². The molecule has 0 aromatic heterocycles. The van der Waals surface area contributed by atoms with Gasteiger partial charge >= 0.3 is 16.5 Å². The van der Waals surface area contributed by atoms with Crippen LogP contribution in [0.25, 0.3) is 0 Å². The maximum absolute atomic E-state index is 9.93. The van der Waals surface area contributed by atoms with Crippen LogP contribution in [0.5, 0.6) is 0 Å². The normalized spacial score (nSPS) is 9.63. The molecular formula is C22H44NiO4. The van der Waals surface area contributed by atoms with Gasteiger partial charge in [-0.15, -0.1) is 0 Å². The van der Waals surface area contributed by atoms with Crippen molar-refractivity contribution in [3.05, 3.63) is 0 Å². The molecule has 0 radical (unpaired) electrons. The van der Waals surface area contributed by atoms with E-state index in [2.05, 4.69) is 41.5 Å². The van der Waals surface area contributed by atoms with Crippen molar-refractivity contribution in [1.29, 1.82) is 0 Å². The van der Waals surface area contributed by atoms with E-state index in [0.717, 1.165) is 38.5 Å². The SMILES string of the molecule is CC(C)CCCCC(=O)[O-].CC(C)CCCCC(=O)[O-].CCCCCC.[Ni+2]. The van der Waals surface area contributed by atoms with Crippen LogP contribution < -0.4 is 10.2 Å². The number of hydrogen-bond acceptors (Lipinski definition) is 4. The standard InChI is InChI=1S/2C8H16O2.C6H14.Ni/c2*1-7(2)5-3-4-6-8(9)10;1-3-5-6-4-2;/h2*7H,3-6H2,1-2H3,(H,9,10);3-6H2,1-2H3;/q;;;+2/p-2. The molecule has 5 heteroatoms. The average molecular weight is 431 g/mol. The van der Waals surface area contributed by atoms with Crippen LogP contribution in [-0.2, 0) is 26.1 Å². The molecular weight excluding hydrogens is 387 g/mol. The van der Waals surface area contributed by atoms with E-state index in [9.17, 15) is 19.8 Å². The van der Waals surface area contributed by atoms with Crippen molar-refractivity contribution in [3.8, 4) is 0 Å². The molecule has 0 unspecified atom stereocenters. The molecule has 166 valence electrons. The van der Waals surface area contributed by atoms with E-state index in [1.165, 1.54) is 25.7 Å². The number of unbranched alkanes of at least 4 members (excludes halogenated alkanes) is 5. The smallest absolute Gasteiger partial charge is 0.550 e. The first-order chi connectivity index (χ1) is 12.2. The third kappa shape index (κ3) is 51.7. The zero-order valence-corrected chi connectivity index (χ0v) is 19.6. The van der Waals surface area contributed by atoms with Gasteiger partial charge < -0.3 is 19.8 Å². The molecule has 0 fully saturated rings. The van der Waals surface area contributed by atoms with Gasteiger partial charge in [-0.05, 0) is 37.5 Å². The second-order valence-electron chi connectivity index (χ2n) is 7.73. The van der Waals surface area contributed by atoms with Crippen molar-refractivity contribution in [2.45, 2.75) is 119 Å². The van der Waals surface area contributed by atoms with Crippen molar-refractivity contribution in [2.75, 3.05) is 0 Å². The number of carboxylic acid groups (broad SMARTS) is 2. The summed E-state index contributed by atoms with van der Waals surface area (Å²) in [6, 6.07) is 0. The molecule has 0 saturated heterocycles. The third-order valence-corrected chi connectivity index (χ3v) is 3.78. The Balaban J connectivity index is -0.000000149. The van der Waals surface area contributed by atoms with Crippen molar-refractivity contribution in [2.24, 2.45) is 11.8 Å². The molecule has 0 rings (SSSR count). The molecule has 0 aromatic rings. The van der Waals surface area contributed by atoms with Crippen molar-refractivity contribution in [3.63, 3.8) is 0 Å². The number of rotatable bonds is 13. The van der Waals surface area contributed by atoms with E-state index >= 15 is 0 Å². The van der Waals surface area contributed by atoms with Gasteiger partial charge in [-0.25, -0.2) is 0 Å². The van der Waals surface area contributed by atoms with Crippen LogP contribution in [0.15, 0.2) is 0 Å². The van der Waals surface area contributed by atoms with Gasteiger partial charge in [0.05, 0.1) is 0 Å². The van der Waals surface area contributed by atoms with Gasteiger partial charge in [0, 0.05) is 11.9 Å². The fourth-order valence-electron chi connectivity index (χ4n) is 2.14. The van der Waals surface area contributed by atoms with Gasteiger partial charge in [-0.3, -0.25) is 0 Å². The molecule has 0 bridgehead atoms. The predicted octanol–water partition coefficient (Wildman–Crippen LogP) is 4.49. The van der Waals surface area contributed by atoms with Gasteiger partial charge in [-0.2, -0.15) is 0 Å². The first-order valence-corrected chi connectivity index (χ1v) is 10.6. The van der Waals surface area contributed by atoms with Gasteiger partial charge in [-0.1, -0.05) is 92.9 Å².